The van der Waals surface area contributed by atoms with Crippen molar-refractivity contribution in [2.45, 2.75) is 39.2 Å². The molecule has 4 rings (SSSR count). The fourth-order valence-corrected chi connectivity index (χ4v) is 5.27. The normalized spacial score (nSPS) is 30.8. The summed E-state index contributed by atoms with van der Waals surface area (Å²) in [6.45, 7) is 4.68. The topological polar surface area (TPSA) is 82.3 Å². The van der Waals surface area contributed by atoms with Gasteiger partial charge in [0.1, 0.15) is 11.9 Å². The van der Waals surface area contributed by atoms with Gasteiger partial charge in [0.2, 0.25) is 5.91 Å². The van der Waals surface area contributed by atoms with Gasteiger partial charge in [0.05, 0.1) is 5.69 Å². The molecular weight excluding hydrogens is 433 g/mol. The zero-order valence-electron chi connectivity index (χ0n) is 18.5. The number of rotatable bonds is 4. The Labute approximate surface area is 189 Å². The van der Waals surface area contributed by atoms with Crippen LogP contribution in [0.15, 0.2) is 42.6 Å². The van der Waals surface area contributed by atoms with Gasteiger partial charge in [-0.1, -0.05) is 31.2 Å². The molecule has 0 bridgehead atoms. The number of pyridine rings is 1. The monoisotopic (exact) mass is 458 g/mol. The lowest BCUT2D eigenvalue weighted by Crippen LogP contribution is -2.58. The molecule has 2 fully saturated rings. The third kappa shape index (κ3) is 3.61. The summed E-state index contributed by atoms with van der Waals surface area (Å²) < 4.78 is 49.0. The molecule has 1 amide bonds. The van der Waals surface area contributed by atoms with Crippen LogP contribution in [0.3, 0.4) is 0 Å². The number of carbonyl (C=O) groups is 2. The van der Waals surface area contributed by atoms with Crippen LogP contribution in [-0.4, -0.2) is 28.9 Å². The molecule has 0 unspecified atom stereocenters. The van der Waals surface area contributed by atoms with Gasteiger partial charge in [-0.3, -0.25) is 14.6 Å². The first-order chi connectivity index (χ1) is 15.5. The fraction of sp³-hybridized carbons (Fsp3) is 0.400. The predicted molar refractivity (Wildman–Crippen MR) is 116 cm³/mol. The van der Waals surface area contributed by atoms with Gasteiger partial charge < -0.3 is 10.5 Å². The molecule has 8 heteroatoms. The van der Waals surface area contributed by atoms with Crippen molar-refractivity contribution >= 4 is 18.0 Å². The molecule has 174 valence electrons. The number of nitrogens with two attached hydrogens (primary N) is 1. The minimum atomic E-state index is -3.28. The number of esters is 1. The number of halogens is 3. The van der Waals surface area contributed by atoms with Gasteiger partial charge in [-0.25, -0.2) is 13.2 Å². The molecule has 0 spiro atoms. The highest BCUT2D eigenvalue weighted by Gasteiger charge is 2.70. The molecule has 2 aliphatic rings. The van der Waals surface area contributed by atoms with E-state index in [9.17, 15) is 22.8 Å². The molecule has 5 atom stereocenters. The number of cyclic esters (lactones) is 1. The maximum atomic E-state index is 14.9. The van der Waals surface area contributed by atoms with E-state index in [2.05, 4.69) is 4.98 Å². The van der Waals surface area contributed by atoms with Crippen molar-refractivity contribution in [3.63, 3.8) is 0 Å². The predicted octanol–water partition coefficient (Wildman–Crippen LogP) is 4.53. The molecule has 5 nitrogen and oxygen atoms in total. The Hall–Kier alpha value is -3.16. The quantitative estimate of drug-likeness (QED) is 0.539. The van der Waals surface area contributed by atoms with Gasteiger partial charge >= 0.3 is 5.97 Å². The third-order valence-corrected chi connectivity index (χ3v) is 7.20. The lowest BCUT2D eigenvalue weighted by atomic mass is 9.56. The Morgan fingerprint density at radius 2 is 1.97 bits per heavy atom. The minimum absolute atomic E-state index is 0.316. The van der Waals surface area contributed by atoms with Crippen molar-refractivity contribution in [3.8, 4) is 11.1 Å². The second kappa shape index (κ2) is 8.01. The van der Waals surface area contributed by atoms with Crippen LogP contribution in [0.25, 0.3) is 17.2 Å². The smallest absolute Gasteiger partial charge is 0.322 e. The number of amides is 1. The number of primary amides is 1. The first-order valence-corrected chi connectivity index (χ1v) is 10.8. The van der Waals surface area contributed by atoms with E-state index in [1.54, 1.807) is 56.5 Å². The second-order valence-corrected chi connectivity index (χ2v) is 9.02. The van der Waals surface area contributed by atoms with Gasteiger partial charge in [0.25, 0.3) is 5.92 Å². The van der Waals surface area contributed by atoms with E-state index in [-0.39, 0.29) is 5.82 Å². The van der Waals surface area contributed by atoms with Crippen LogP contribution < -0.4 is 5.73 Å². The van der Waals surface area contributed by atoms with Crippen LogP contribution in [0.1, 0.15) is 31.5 Å². The van der Waals surface area contributed by atoms with Gasteiger partial charge in [-0.05, 0) is 49.1 Å². The molecule has 2 aromatic rings. The van der Waals surface area contributed by atoms with E-state index in [1.165, 1.54) is 13.0 Å². The van der Waals surface area contributed by atoms with Gasteiger partial charge in [-0.15, -0.1) is 0 Å². The highest BCUT2D eigenvalue weighted by molar-refractivity contribution is 6.04. The van der Waals surface area contributed by atoms with Crippen molar-refractivity contribution in [2.75, 3.05) is 0 Å². The van der Waals surface area contributed by atoms with Crippen LogP contribution in [-0.2, 0) is 14.3 Å². The number of benzene rings is 1. The molecule has 1 saturated carbocycles. The lowest BCUT2D eigenvalue weighted by Gasteiger charge is -2.46. The van der Waals surface area contributed by atoms with E-state index in [0.29, 0.717) is 16.8 Å². The molecule has 2 heterocycles. The van der Waals surface area contributed by atoms with E-state index in [4.69, 9.17) is 10.5 Å². The van der Waals surface area contributed by atoms with E-state index >= 15 is 0 Å². The van der Waals surface area contributed by atoms with E-state index < -0.39 is 53.5 Å². The highest BCUT2D eigenvalue weighted by Crippen LogP contribution is 2.59. The summed E-state index contributed by atoms with van der Waals surface area (Å²) in [5.74, 6) is -8.45. The second-order valence-electron chi connectivity index (χ2n) is 9.02. The Bertz CT molecular complexity index is 1130. The van der Waals surface area contributed by atoms with E-state index in [0.717, 1.165) is 5.56 Å². The number of allylic oxidation sites excluding steroid dienone is 1. The molecule has 1 aromatic carbocycles. The Morgan fingerprint density at radius 3 is 2.61 bits per heavy atom. The zero-order valence-corrected chi connectivity index (χ0v) is 18.5. The Morgan fingerprint density at radius 1 is 1.24 bits per heavy atom. The summed E-state index contributed by atoms with van der Waals surface area (Å²) in [6, 6.07) is 8.26. The van der Waals surface area contributed by atoms with Crippen LogP contribution >= 0.6 is 0 Å². The first-order valence-electron chi connectivity index (χ1n) is 10.8. The summed E-state index contributed by atoms with van der Waals surface area (Å²) >= 11 is 0. The summed E-state index contributed by atoms with van der Waals surface area (Å²) in [7, 11) is 0. The average Bonchev–Trinajstić information content (AvgIpc) is 3.01. The molecule has 33 heavy (non-hydrogen) atoms. The van der Waals surface area contributed by atoms with Crippen molar-refractivity contribution in [1.82, 2.24) is 4.98 Å². The average molecular weight is 458 g/mol. The van der Waals surface area contributed by atoms with Crippen LogP contribution in [0.2, 0.25) is 0 Å². The molecule has 1 aromatic heterocycles. The zero-order chi connectivity index (χ0) is 24.1. The number of aromatic nitrogens is 1. The van der Waals surface area contributed by atoms with Crippen molar-refractivity contribution in [2.24, 2.45) is 28.9 Å². The van der Waals surface area contributed by atoms with Gasteiger partial charge in [0, 0.05) is 30.0 Å². The standard InChI is InChI=1S/C25H25F3N2O3/c1-13-18(5-4-6-20(13)26)16-7-8-17(30-11-16)9-10-19-14(2)25(27,28)12-24(22(29)31)21(19)15(3)33-23(24)32/h4-11,14-15,19,21H,12H2,1-3H3,(H2,29,31)/b10-9+/t14-,15+,19-,21-,24+/m0/s1. The Kier molecular flexibility index (Phi) is 5.58. The van der Waals surface area contributed by atoms with Crippen LogP contribution in [0, 0.1) is 35.9 Å². The SMILES string of the molecule is Cc1c(F)cccc1-c1ccc(/C=C/[C@@H]2[C@@H]3[C@@H](C)OC(=O)[C@]3(C(N)=O)CC(F)(F)[C@H]2C)nc1. The molecule has 1 aliphatic carbocycles. The molecule has 2 N–H and O–H groups in total. The van der Waals surface area contributed by atoms with Gasteiger partial charge in [-0.2, -0.15) is 0 Å². The largest absolute Gasteiger partial charge is 0.461 e. The van der Waals surface area contributed by atoms with Crippen LogP contribution in [0.4, 0.5) is 13.2 Å². The minimum Gasteiger partial charge on any atom is -0.461 e. The van der Waals surface area contributed by atoms with Crippen molar-refractivity contribution < 1.29 is 27.5 Å². The number of nitrogens with zero attached hydrogens (tertiary/aromatic N) is 1. The summed E-state index contributed by atoms with van der Waals surface area (Å²) in [6.07, 6.45) is 3.05. The van der Waals surface area contributed by atoms with E-state index in [1.807, 2.05) is 0 Å². The molecule has 0 radical (unpaired) electrons. The molecule has 1 aliphatic heterocycles. The lowest BCUT2D eigenvalue weighted by molar-refractivity contribution is -0.177. The Balaban J connectivity index is 1.67. The fourth-order valence-electron chi connectivity index (χ4n) is 5.27. The summed E-state index contributed by atoms with van der Waals surface area (Å²) in [5, 5.41) is 0. The molecular formula is C25H25F3N2O3. The third-order valence-electron chi connectivity index (χ3n) is 7.20. The number of alkyl halides is 2. The van der Waals surface area contributed by atoms with Crippen molar-refractivity contribution in [1.29, 1.82) is 0 Å². The number of ether oxygens (including phenoxy) is 1. The number of carbonyl (C=O) groups excluding carboxylic acids is 2. The van der Waals surface area contributed by atoms with Gasteiger partial charge in [0.15, 0.2) is 5.41 Å². The summed E-state index contributed by atoms with van der Waals surface area (Å²) in [5.41, 5.74) is 5.86. The first kappa shape index (κ1) is 23.0. The maximum Gasteiger partial charge on any atom is 0.322 e. The number of hydrogen-bond donors (Lipinski definition) is 1. The molecule has 1 saturated heterocycles. The summed E-state index contributed by atoms with van der Waals surface area (Å²) in [4.78, 5) is 29.1. The van der Waals surface area contributed by atoms with Crippen molar-refractivity contribution in [3.05, 3.63) is 59.7 Å². The number of hydrogen-bond acceptors (Lipinski definition) is 4. The maximum absolute atomic E-state index is 14.9. The highest BCUT2D eigenvalue weighted by atomic mass is 19.3. The number of fused-ring (bicyclic) bond motifs is 1. The van der Waals surface area contributed by atoms with Crippen LogP contribution in [0.5, 0.6) is 0 Å².